The number of nitrogens with zero attached hydrogens (tertiary/aromatic N) is 2. The van der Waals surface area contributed by atoms with Crippen LogP contribution in [0.5, 0.6) is 5.75 Å². The largest absolute Gasteiger partial charge is 0.480 e. The fourth-order valence-electron chi connectivity index (χ4n) is 1.93. The molecule has 0 spiro atoms. The standard InChI is InChI=1S/C17H14Br2F3N3O3/c1-2-27-15(26)9-28-16-12(18)5-10(6-13(16)19)7-24-25-14-4-3-11(8-23-14)17(20,21)22/h3-8H,2,9H2,1H3,(H,23,25)/b24-7-. The van der Waals surface area contributed by atoms with Gasteiger partial charge in [0.2, 0.25) is 0 Å². The normalized spacial score (nSPS) is 11.5. The summed E-state index contributed by atoms with van der Waals surface area (Å²) in [5.41, 5.74) is 2.36. The molecule has 0 saturated heterocycles. The Labute approximate surface area is 175 Å². The third kappa shape index (κ3) is 6.48. The quantitative estimate of drug-likeness (QED) is 0.313. The first-order chi connectivity index (χ1) is 13.2. The van der Waals surface area contributed by atoms with Crippen LogP contribution in [0, 0.1) is 0 Å². The van der Waals surface area contributed by atoms with Crippen LogP contribution in [0.25, 0.3) is 0 Å². The fraction of sp³-hybridized carbons (Fsp3) is 0.235. The SMILES string of the molecule is CCOC(=O)COc1c(Br)cc(/C=N\Nc2ccc(C(F)(F)F)cn2)cc1Br. The molecule has 0 fully saturated rings. The molecule has 0 amide bonds. The maximum Gasteiger partial charge on any atom is 0.417 e. The van der Waals surface area contributed by atoms with E-state index < -0.39 is 17.7 Å². The van der Waals surface area contributed by atoms with Gasteiger partial charge in [-0.15, -0.1) is 0 Å². The third-order valence-electron chi connectivity index (χ3n) is 3.14. The molecule has 28 heavy (non-hydrogen) atoms. The summed E-state index contributed by atoms with van der Waals surface area (Å²) in [6.45, 7) is 1.73. The predicted octanol–water partition coefficient (Wildman–Crippen LogP) is 5.01. The molecular weight excluding hydrogens is 511 g/mol. The molecule has 1 aromatic carbocycles. The van der Waals surface area contributed by atoms with Crippen LogP contribution < -0.4 is 10.2 Å². The van der Waals surface area contributed by atoms with E-state index in [1.165, 1.54) is 12.3 Å². The van der Waals surface area contributed by atoms with Crippen molar-refractivity contribution in [1.82, 2.24) is 4.98 Å². The van der Waals surface area contributed by atoms with Crippen LogP contribution in [0.4, 0.5) is 19.0 Å². The van der Waals surface area contributed by atoms with Crippen molar-refractivity contribution in [1.29, 1.82) is 0 Å². The Kier molecular flexibility index (Phi) is 7.81. The number of hydrogen-bond donors (Lipinski definition) is 1. The number of esters is 1. The van der Waals surface area contributed by atoms with Crippen molar-refractivity contribution in [3.05, 3.63) is 50.5 Å². The van der Waals surface area contributed by atoms with E-state index in [9.17, 15) is 18.0 Å². The fourth-order valence-corrected chi connectivity index (χ4v) is 3.38. The lowest BCUT2D eigenvalue weighted by Crippen LogP contribution is -2.15. The van der Waals surface area contributed by atoms with Crippen molar-refractivity contribution in [2.75, 3.05) is 18.6 Å². The Hall–Kier alpha value is -2.14. The van der Waals surface area contributed by atoms with Crippen molar-refractivity contribution in [2.45, 2.75) is 13.1 Å². The van der Waals surface area contributed by atoms with E-state index in [4.69, 9.17) is 9.47 Å². The molecule has 6 nitrogen and oxygen atoms in total. The molecule has 2 aromatic rings. The van der Waals surface area contributed by atoms with Gasteiger partial charge in [-0.2, -0.15) is 18.3 Å². The molecule has 2 rings (SSSR count). The molecule has 11 heteroatoms. The average Bonchev–Trinajstić information content (AvgIpc) is 2.61. The number of hydrogen-bond acceptors (Lipinski definition) is 6. The Morgan fingerprint density at radius 1 is 1.29 bits per heavy atom. The van der Waals surface area contributed by atoms with Gasteiger partial charge in [-0.1, -0.05) is 0 Å². The highest BCUT2D eigenvalue weighted by Crippen LogP contribution is 2.34. The third-order valence-corrected chi connectivity index (χ3v) is 4.32. The van der Waals surface area contributed by atoms with Gasteiger partial charge in [0.05, 0.1) is 27.3 Å². The second-order valence-electron chi connectivity index (χ2n) is 5.21. The molecule has 0 aliphatic carbocycles. The van der Waals surface area contributed by atoms with Crippen molar-refractivity contribution < 1.29 is 27.4 Å². The molecule has 0 bridgehead atoms. The van der Waals surface area contributed by atoms with Gasteiger partial charge < -0.3 is 9.47 Å². The molecule has 1 heterocycles. The summed E-state index contributed by atoms with van der Waals surface area (Å²) >= 11 is 6.68. The van der Waals surface area contributed by atoms with Gasteiger partial charge in [-0.3, -0.25) is 5.43 Å². The Bertz CT molecular complexity index is 836. The smallest absolute Gasteiger partial charge is 0.417 e. The first-order valence-corrected chi connectivity index (χ1v) is 9.39. The highest BCUT2D eigenvalue weighted by atomic mass is 79.9. The zero-order valence-electron chi connectivity index (χ0n) is 14.4. The molecule has 0 saturated carbocycles. The highest BCUT2D eigenvalue weighted by molar-refractivity contribution is 9.11. The first kappa shape index (κ1) is 22.2. The summed E-state index contributed by atoms with van der Waals surface area (Å²) in [4.78, 5) is 15.0. The number of ether oxygens (including phenoxy) is 2. The second kappa shape index (κ2) is 9.87. The molecule has 0 atom stereocenters. The number of carbonyl (C=O) groups excluding carboxylic acids is 1. The van der Waals surface area contributed by atoms with Gasteiger partial charge in [0, 0.05) is 6.20 Å². The molecule has 0 radical (unpaired) electrons. The van der Waals surface area contributed by atoms with Crippen LogP contribution in [-0.2, 0) is 15.7 Å². The number of nitrogens with one attached hydrogen (secondary N) is 1. The van der Waals surface area contributed by atoms with Gasteiger partial charge in [0.1, 0.15) is 11.6 Å². The molecule has 0 aliphatic rings. The minimum Gasteiger partial charge on any atom is -0.480 e. The maximum absolute atomic E-state index is 12.5. The Morgan fingerprint density at radius 2 is 1.96 bits per heavy atom. The first-order valence-electron chi connectivity index (χ1n) is 7.80. The van der Waals surface area contributed by atoms with Gasteiger partial charge in [-0.05, 0) is 68.6 Å². The van der Waals surface area contributed by atoms with Crippen LogP contribution in [0.15, 0.2) is 44.5 Å². The Balaban J connectivity index is 2.01. The van der Waals surface area contributed by atoms with E-state index in [1.807, 2.05) is 0 Å². The van der Waals surface area contributed by atoms with E-state index >= 15 is 0 Å². The summed E-state index contributed by atoms with van der Waals surface area (Å²) in [5, 5.41) is 3.94. The number of benzene rings is 1. The molecule has 1 aromatic heterocycles. The van der Waals surface area contributed by atoms with Gasteiger partial charge >= 0.3 is 12.1 Å². The Morgan fingerprint density at radius 3 is 2.50 bits per heavy atom. The molecule has 0 aliphatic heterocycles. The number of aromatic nitrogens is 1. The molecule has 150 valence electrons. The zero-order valence-corrected chi connectivity index (χ0v) is 17.6. The molecule has 1 N–H and O–H groups in total. The van der Waals surface area contributed by atoms with Crippen LogP contribution in [0.2, 0.25) is 0 Å². The van der Waals surface area contributed by atoms with E-state index in [0.29, 0.717) is 20.3 Å². The zero-order chi connectivity index (χ0) is 20.7. The van der Waals surface area contributed by atoms with Gasteiger partial charge in [-0.25, -0.2) is 9.78 Å². The number of pyridine rings is 1. The van der Waals surface area contributed by atoms with Crippen LogP contribution in [-0.4, -0.2) is 30.4 Å². The van der Waals surface area contributed by atoms with E-state index in [-0.39, 0.29) is 19.0 Å². The lowest BCUT2D eigenvalue weighted by molar-refractivity contribution is -0.145. The lowest BCUT2D eigenvalue weighted by atomic mass is 10.2. The van der Waals surface area contributed by atoms with Crippen LogP contribution >= 0.6 is 31.9 Å². The summed E-state index contributed by atoms with van der Waals surface area (Å²) in [5.74, 6) is 0.0968. The number of anilines is 1. The number of hydrazone groups is 1. The van der Waals surface area contributed by atoms with E-state index in [2.05, 4.69) is 47.4 Å². The summed E-state index contributed by atoms with van der Waals surface area (Å²) in [6.07, 6.45) is -2.27. The average molecular weight is 525 g/mol. The van der Waals surface area contributed by atoms with Crippen LogP contribution in [0.1, 0.15) is 18.1 Å². The van der Waals surface area contributed by atoms with E-state index in [0.717, 1.165) is 12.3 Å². The van der Waals surface area contributed by atoms with Crippen molar-refractivity contribution in [2.24, 2.45) is 5.10 Å². The monoisotopic (exact) mass is 523 g/mol. The van der Waals surface area contributed by atoms with Crippen molar-refractivity contribution in [3.8, 4) is 5.75 Å². The highest BCUT2D eigenvalue weighted by Gasteiger charge is 2.30. The molecular formula is C17H14Br2F3N3O3. The second-order valence-corrected chi connectivity index (χ2v) is 6.92. The number of alkyl halides is 3. The summed E-state index contributed by atoms with van der Waals surface area (Å²) in [6, 6.07) is 5.47. The van der Waals surface area contributed by atoms with Crippen LogP contribution in [0.3, 0.4) is 0 Å². The topological polar surface area (TPSA) is 72.8 Å². The van der Waals surface area contributed by atoms with E-state index in [1.54, 1.807) is 19.1 Å². The lowest BCUT2D eigenvalue weighted by Gasteiger charge is -2.10. The summed E-state index contributed by atoms with van der Waals surface area (Å²) < 4.78 is 48.9. The minimum absolute atomic E-state index is 0.164. The van der Waals surface area contributed by atoms with Crippen molar-refractivity contribution >= 4 is 49.9 Å². The van der Waals surface area contributed by atoms with Crippen molar-refractivity contribution in [3.63, 3.8) is 0 Å². The van der Waals surface area contributed by atoms with Gasteiger partial charge in [0.15, 0.2) is 6.61 Å². The number of halogens is 5. The molecule has 0 unspecified atom stereocenters. The number of carbonyl (C=O) groups is 1. The van der Waals surface area contributed by atoms with Gasteiger partial charge in [0.25, 0.3) is 0 Å². The number of rotatable bonds is 7. The maximum atomic E-state index is 12.5. The predicted molar refractivity (Wildman–Crippen MR) is 104 cm³/mol. The minimum atomic E-state index is -4.44. The summed E-state index contributed by atoms with van der Waals surface area (Å²) in [7, 11) is 0.